The van der Waals surface area contributed by atoms with Crippen molar-refractivity contribution in [3.63, 3.8) is 0 Å². The summed E-state index contributed by atoms with van der Waals surface area (Å²) in [4.78, 5) is 24.3. The van der Waals surface area contributed by atoms with Crippen LogP contribution in [0.4, 0.5) is 0 Å². The van der Waals surface area contributed by atoms with Gasteiger partial charge in [0.05, 0.1) is 6.10 Å². The van der Waals surface area contributed by atoms with E-state index in [1.54, 1.807) is 0 Å². The van der Waals surface area contributed by atoms with Crippen molar-refractivity contribution >= 4 is 11.8 Å². The number of carbonyl (C=O) groups is 2. The number of ketones is 1. The summed E-state index contributed by atoms with van der Waals surface area (Å²) in [7, 11) is 0. The van der Waals surface area contributed by atoms with E-state index in [0.29, 0.717) is 53.0 Å². The number of fused-ring (bicyclic) bond motifs is 10. The highest BCUT2D eigenvalue weighted by Crippen LogP contribution is 2.67. The zero-order valence-electron chi connectivity index (χ0n) is 30.6. The zero-order valence-corrected chi connectivity index (χ0v) is 30.6. The lowest BCUT2D eigenvalue weighted by atomic mass is 9.43. The molecule has 1 aromatic carbocycles. The van der Waals surface area contributed by atoms with Gasteiger partial charge in [0.25, 0.3) is 0 Å². The van der Waals surface area contributed by atoms with Crippen molar-refractivity contribution < 1.29 is 24.5 Å². The van der Waals surface area contributed by atoms with E-state index >= 15 is 0 Å². The molecule has 0 amide bonds. The molecule has 2 N–H and O–H groups in total. The quantitative estimate of drug-likeness (QED) is 0.314. The predicted molar refractivity (Wildman–Crippen MR) is 189 cm³/mol. The van der Waals surface area contributed by atoms with Crippen LogP contribution in [-0.2, 0) is 20.7 Å². The molecule has 0 aliphatic heterocycles. The fourth-order valence-corrected chi connectivity index (χ4v) is 13.7. The van der Waals surface area contributed by atoms with Crippen LogP contribution in [0.3, 0.4) is 0 Å². The first-order valence-electron chi connectivity index (χ1n) is 20.1. The van der Waals surface area contributed by atoms with E-state index < -0.39 is 0 Å². The molecule has 13 atom stereocenters. The average molecular weight is 661 g/mol. The average Bonchev–Trinajstić information content (AvgIpc) is 3.55. The second-order valence-corrected chi connectivity index (χ2v) is 18.5. The van der Waals surface area contributed by atoms with E-state index in [1.807, 2.05) is 12.1 Å². The van der Waals surface area contributed by atoms with Gasteiger partial charge in [-0.15, -0.1) is 0 Å². The number of esters is 1. The van der Waals surface area contributed by atoms with Gasteiger partial charge in [-0.05, 0) is 165 Å². The fourth-order valence-electron chi connectivity index (χ4n) is 13.7. The molecular formula is C43H64O5. The molecule has 0 aromatic heterocycles. The molecule has 5 heteroatoms. The first kappa shape index (κ1) is 34.6. The Morgan fingerprint density at radius 2 is 1.62 bits per heavy atom. The SMILES string of the molecule is CCCCC(=O)O[C@H]1CC[C@H]2[C@@H]3CCc4cc(O)ccc4[C@H]3CC[C@]12C.C[C@H]1CC(=O)C[C@@H]2CC[C@H]3[C@@H]4CC[C@H](O)[C@@]4(C)CC[C@@H]3[C@]21C. The molecule has 266 valence electrons. The lowest BCUT2D eigenvalue weighted by Crippen LogP contribution is -2.56. The second kappa shape index (κ2) is 13.0. The van der Waals surface area contributed by atoms with Crippen molar-refractivity contribution in [3.05, 3.63) is 29.3 Å². The highest BCUT2D eigenvalue weighted by molar-refractivity contribution is 5.80. The number of ether oxygens (including phenoxy) is 1. The standard InChI is InChI=1S/C23H32O3.C20H32O2/c1-3-4-5-22(25)26-21-11-10-20-19-8-6-15-14-16(24)7-9-17(15)18(19)12-13-23(20,21)2;1-12-10-14(21)11-13-4-5-15-16-6-7-18(22)19(16,2)9-8-17(15)20(12,13)3/h7,9,14,18-21,24H,3-6,8,10-13H2,1-2H3;12-13,15-18,22H,4-11H2,1-3H3/t18-,19-,20+,21+,23+;12-,13-,15-,16-,17-,18-,19-,20-/m10/s1. The predicted octanol–water partition coefficient (Wildman–Crippen LogP) is 9.56. The van der Waals surface area contributed by atoms with Crippen LogP contribution < -0.4 is 0 Å². The summed E-state index contributed by atoms with van der Waals surface area (Å²) in [5.74, 6) is 6.36. The monoisotopic (exact) mass is 660 g/mol. The maximum atomic E-state index is 12.2. The highest BCUT2D eigenvalue weighted by atomic mass is 16.5. The number of carbonyl (C=O) groups excluding carboxylic acids is 2. The Bertz CT molecular complexity index is 1370. The molecule has 0 saturated heterocycles. The van der Waals surface area contributed by atoms with Crippen LogP contribution in [0.5, 0.6) is 5.75 Å². The van der Waals surface area contributed by atoms with Gasteiger partial charge < -0.3 is 14.9 Å². The topological polar surface area (TPSA) is 83.8 Å². The molecule has 0 bridgehead atoms. The van der Waals surface area contributed by atoms with Crippen molar-refractivity contribution in [1.29, 1.82) is 0 Å². The molecule has 5 nitrogen and oxygen atoms in total. The van der Waals surface area contributed by atoms with E-state index in [-0.39, 0.29) is 29.0 Å². The summed E-state index contributed by atoms with van der Waals surface area (Å²) >= 11 is 0. The minimum atomic E-state index is -0.0747. The van der Waals surface area contributed by atoms with Crippen LogP contribution in [0.25, 0.3) is 0 Å². The Balaban J connectivity index is 0.000000154. The van der Waals surface area contributed by atoms with Crippen molar-refractivity contribution in [2.24, 2.45) is 57.7 Å². The van der Waals surface area contributed by atoms with Gasteiger partial charge in [-0.3, -0.25) is 9.59 Å². The number of phenols is 1. The van der Waals surface area contributed by atoms with E-state index in [2.05, 4.69) is 40.7 Å². The largest absolute Gasteiger partial charge is 0.508 e. The summed E-state index contributed by atoms with van der Waals surface area (Å²) < 4.78 is 5.98. The summed E-state index contributed by atoms with van der Waals surface area (Å²) in [6, 6.07) is 5.97. The number of aromatic hydroxyl groups is 1. The Labute approximate surface area is 290 Å². The van der Waals surface area contributed by atoms with Gasteiger partial charge in [0, 0.05) is 24.7 Å². The minimum absolute atomic E-state index is 0.00492. The third kappa shape index (κ3) is 5.59. The summed E-state index contributed by atoms with van der Waals surface area (Å²) in [5.41, 5.74) is 3.50. The number of Topliss-reactive ketones (excluding diaryl/α,β-unsaturated/α-hetero) is 1. The van der Waals surface area contributed by atoms with E-state index in [1.165, 1.54) is 62.5 Å². The van der Waals surface area contributed by atoms with Crippen molar-refractivity contribution in [1.82, 2.24) is 0 Å². The minimum Gasteiger partial charge on any atom is -0.508 e. The number of hydrogen-bond acceptors (Lipinski definition) is 5. The summed E-state index contributed by atoms with van der Waals surface area (Å²) in [6.07, 6.45) is 18.3. The molecule has 0 unspecified atom stereocenters. The molecule has 0 heterocycles. The molecule has 6 fully saturated rings. The van der Waals surface area contributed by atoms with Gasteiger partial charge in [-0.2, -0.15) is 0 Å². The van der Waals surface area contributed by atoms with Gasteiger partial charge in [0.2, 0.25) is 0 Å². The van der Waals surface area contributed by atoms with Gasteiger partial charge in [0.1, 0.15) is 17.6 Å². The van der Waals surface area contributed by atoms with Crippen LogP contribution in [-0.4, -0.2) is 34.2 Å². The lowest BCUT2D eigenvalue weighted by molar-refractivity contribution is -0.157. The van der Waals surface area contributed by atoms with Crippen molar-refractivity contribution in [2.75, 3.05) is 0 Å². The fraction of sp³-hybridized carbons (Fsp3) is 0.814. The van der Waals surface area contributed by atoms with E-state index in [9.17, 15) is 19.8 Å². The van der Waals surface area contributed by atoms with E-state index in [0.717, 1.165) is 69.1 Å². The highest BCUT2D eigenvalue weighted by Gasteiger charge is 2.61. The van der Waals surface area contributed by atoms with Crippen molar-refractivity contribution in [3.8, 4) is 5.75 Å². The first-order valence-corrected chi connectivity index (χ1v) is 20.1. The zero-order chi connectivity index (χ0) is 34.0. The van der Waals surface area contributed by atoms with Gasteiger partial charge in [0.15, 0.2) is 0 Å². The number of unbranched alkanes of at least 4 members (excludes halogenated alkanes) is 1. The lowest BCUT2D eigenvalue weighted by Gasteiger charge is -2.62. The number of hydrogen-bond donors (Lipinski definition) is 2. The Morgan fingerprint density at radius 3 is 2.42 bits per heavy atom. The third-order valence-corrected chi connectivity index (χ3v) is 16.6. The normalized spacial score (nSPS) is 45.7. The molecule has 0 radical (unpaired) electrons. The molecule has 48 heavy (non-hydrogen) atoms. The van der Waals surface area contributed by atoms with E-state index in [4.69, 9.17) is 4.74 Å². The summed E-state index contributed by atoms with van der Waals surface area (Å²) in [6.45, 7) is 11.7. The Morgan fingerprint density at radius 1 is 0.875 bits per heavy atom. The molecule has 8 rings (SSSR count). The van der Waals surface area contributed by atoms with Crippen LogP contribution in [0, 0.1) is 57.7 Å². The molecule has 6 saturated carbocycles. The smallest absolute Gasteiger partial charge is 0.306 e. The Hall–Kier alpha value is -1.88. The number of aryl methyl sites for hydroxylation is 1. The van der Waals surface area contributed by atoms with Crippen LogP contribution in [0.15, 0.2) is 18.2 Å². The second-order valence-electron chi connectivity index (χ2n) is 18.5. The number of benzene rings is 1. The molecule has 7 aliphatic rings. The van der Waals surface area contributed by atoms with Crippen LogP contribution >= 0.6 is 0 Å². The van der Waals surface area contributed by atoms with Gasteiger partial charge in [-0.1, -0.05) is 47.1 Å². The third-order valence-electron chi connectivity index (χ3n) is 16.6. The molecule has 7 aliphatic carbocycles. The number of aliphatic hydroxyl groups excluding tert-OH is 1. The first-order chi connectivity index (χ1) is 22.9. The van der Waals surface area contributed by atoms with Crippen LogP contribution in [0.2, 0.25) is 0 Å². The maximum absolute atomic E-state index is 12.2. The molecular weight excluding hydrogens is 596 g/mol. The Kier molecular flexibility index (Phi) is 9.38. The molecule has 0 spiro atoms. The van der Waals surface area contributed by atoms with Gasteiger partial charge in [-0.25, -0.2) is 0 Å². The number of aliphatic hydroxyl groups is 1. The van der Waals surface area contributed by atoms with Gasteiger partial charge >= 0.3 is 5.97 Å². The maximum Gasteiger partial charge on any atom is 0.306 e. The van der Waals surface area contributed by atoms with Crippen LogP contribution in [0.1, 0.15) is 154 Å². The number of phenolic OH excluding ortho intramolecular Hbond substituents is 1. The number of rotatable bonds is 4. The molecule has 1 aromatic rings. The van der Waals surface area contributed by atoms with Crippen molar-refractivity contribution in [2.45, 2.75) is 162 Å². The summed E-state index contributed by atoms with van der Waals surface area (Å²) in [5, 5.41) is 20.3.